The molecule has 0 spiro atoms. The van der Waals surface area contributed by atoms with Gasteiger partial charge in [0.05, 0.1) is 16.6 Å². The van der Waals surface area contributed by atoms with Crippen LogP contribution in [0.1, 0.15) is 15.9 Å². The zero-order chi connectivity index (χ0) is 18.5. The first-order valence-corrected chi connectivity index (χ1v) is 11.8. The molecular weight excluding hydrogens is 349 g/mol. The lowest BCUT2D eigenvalue weighted by molar-refractivity contribution is 0.0956. The normalized spacial score (nSPS) is 14.4. The van der Waals surface area contributed by atoms with E-state index in [1.165, 1.54) is 12.1 Å². The first-order valence-electron chi connectivity index (χ1n) is 8.61. The minimum Gasteiger partial charge on any atom is -0.432 e. The molecule has 2 N–H and O–H groups in total. The van der Waals surface area contributed by atoms with E-state index in [2.05, 4.69) is 10.3 Å². The minimum absolute atomic E-state index is 0.273. The zero-order valence-electron chi connectivity index (χ0n) is 14.7. The molecule has 5 nitrogen and oxygen atoms in total. The molecule has 1 aliphatic rings. The third-order valence-electron chi connectivity index (χ3n) is 4.52. The maximum Gasteiger partial charge on any atom is 0.253 e. The highest BCUT2D eigenvalue weighted by atomic mass is 28.4. The standard InChI is InChI=1S/C19H20FN3O2Si/c1-26(2,25)11-12-3-5-13(6-4-12)18-22-16-10-14(20)9-15-17(16)23(18)8-7-21-19(15)24/h3-6,9-10,25H,7-8,11H2,1-2H3,(H,21,24). The Morgan fingerprint density at radius 3 is 2.69 bits per heavy atom. The molecule has 7 heteroatoms. The van der Waals surface area contributed by atoms with Crippen molar-refractivity contribution in [2.75, 3.05) is 6.54 Å². The number of imidazole rings is 1. The van der Waals surface area contributed by atoms with Gasteiger partial charge in [0.25, 0.3) is 5.91 Å². The van der Waals surface area contributed by atoms with Gasteiger partial charge in [0.1, 0.15) is 11.6 Å². The number of halogens is 1. The molecular formula is C19H20FN3O2Si. The number of rotatable bonds is 3. The molecule has 0 aliphatic carbocycles. The summed E-state index contributed by atoms with van der Waals surface area (Å²) in [5.41, 5.74) is 3.47. The van der Waals surface area contributed by atoms with Gasteiger partial charge in [0.2, 0.25) is 0 Å². The quantitative estimate of drug-likeness (QED) is 0.698. The van der Waals surface area contributed by atoms with Crippen molar-refractivity contribution in [1.29, 1.82) is 0 Å². The summed E-state index contributed by atoms with van der Waals surface area (Å²) in [7, 11) is -2.17. The molecule has 0 atom stereocenters. The van der Waals surface area contributed by atoms with Crippen LogP contribution in [0.5, 0.6) is 0 Å². The van der Waals surface area contributed by atoms with Crippen LogP contribution in [0.3, 0.4) is 0 Å². The van der Waals surface area contributed by atoms with Gasteiger partial charge in [-0.3, -0.25) is 4.79 Å². The molecule has 3 aromatic rings. The summed E-state index contributed by atoms with van der Waals surface area (Å²) in [5.74, 6) is -0.0215. The van der Waals surface area contributed by atoms with E-state index in [4.69, 9.17) is 0 Å². The zero-order valence-corrected chi connectivity index (χ0v) is 15.7. The highest BCUT2D eigenvalue weighted by molar-refractivity contribution is 6.69. The first-order chi connectivity index (χ1) is 12.3. The molecule has 2 aromatic carbocycles. The third-order valence-corrected chi connectivity index (χ3v) is 5.79. The van der Waals surface area contributed by atoms with Crippen LogP contribution in [-0.4, -0.2) is 35.1 Å². The molecule has 2 heterocycles. The topological polar surface area (TPSA) is 67.2 Å². The number of hydrogen-bond acceptors (Lipinski definition) is 3. The Bertz CT molecular complexity index is 1010. The Morgan fingerprint density at radius 2 is 2.00 bits per heavy atom. The van der Waals surface area contributed by atoms with Crippen molar-refractivity contribution in [3.05, 3.63) is 53.3 Å². The predicted molar refractivity (Wildman–Crippen MR) is 101 cm³/mol. The van der Waals surface area contributed by atoms with Crippen LogP contribution in [0.4, 0.5) is 4.39 Å². The summed E-state index contributed by atoms with van der Waals surface area (Å²) in [5, 5.41) is 2.80. The largest absolute Gasteiger partial charge is 0.432 e. The smallest absolute Gasteiger partial charge is 0.253 e. The van der Waals surface area contributed by atoms with Gasteiger partial charge in [-0.25, -0.2) is 9.37 Å². The lowest BCUT2D eigenvalue weighted by Gasteiger charge is -2.14. The van der Waals surface area contributed by atoms with Crippen molar-refractivity contribution < 1.29 is 14.0 Å². The second-order valence-electron chi connectivity index (χ2n) is 7.35. The highest BCUT2D eigenvalue weighted by Crippen LogP contribution is 2.29. The van der Waals surface area contributed by atoms with Crippen LogP contribution < -0.4 is 5.32 Å². The molecule has 0 fully saturated rings. The average Bonchev–Trinajstić information content (AvgIpc) is 2.82. The molecule has 134 valence electrons. The average molecular weight is 369 g/mol. The SMILES string of the molecule is C[Si](C)(O)Cc1ccc(-c2nc3cc(F)cc4c3n2CCNC4=O)cc1. The van der Waals surface area contributed by atoms with Gasteiger partial charge in [-0.1, -0.05) is 24.3 Å². The maximum atomic E-state index is 13.9. The van der Waals surface area contributed by atoms with E-state index in [-0.39, 0.29) is 5.91 Å². The fraction of sp³-hybridized carbons (Fsp3) is 0.263. The van der Waals surface area contributed by atoms with Crippen LogP contribution in [0.15, 0.2) is 36.4 Å². The summed E-state index contributed by atoms with van der Waals surface area (Å²) in [4.78, 5) is 26.9. The van der Waals surface area contributed by atoms with Gasteiger partial charge >= 0.3 is 0 Å². The summed E-state index contributed by atoms with van der Waals surface area (Å²) in [6, 6.07) is 11.3. The summed E-state index contributed by atoms with van der Waals surface area (Å²) in [6.45, 7) is 4.87. The molecule has 1 amide bonds. The van der Waals surface area contributed by atoms with Crippen molar-refractivity contribution in [2.24, 2.45) is 0 Å². The van der Waals surface area contributed by atoms with E-state index in [1.807, 2.05) is 41.9 Å². The number of benzene rings is 2. The van der Waals surface area contributed by atoms with Gasteiger partial charge in [0.15, 0.2) is 8.32 Å². The van der Waals surface area contributed by atoms with Crippen LogP contribution in [0, 0.1) is 5.82 Å². The number of carbonyl (C=O) groups excluding carboxylic acids is 1. The Kier molecular flexibility index (Phi) is 3.93. The molecule has 0 saturated carbocycles. The van der Waals surface area contributed by atoms with E-state index in [0.717, 1.165) is 17.0 Å². The summed E-state index contributed by atoms with van der Waals surface area (Å²) < 4.78 is 15.9. The lowest BCUT2D eigenvalue weighted by Crippen LogP contribution is -2.28. The number of aromatic nitrogens is 2. The van der Waals surface area contributed by atoms with E-state index >= 15 is 0 Å². The molecule has 0 unspecified atom stereocenters. The first kappa shape index (κ1) is 16.9. The Labute approximate surface area is 151 Å². The van der Waals surface area contributed by atoms with E-state index in [0.29, 0.717) is 35.7 Å². The second-order valence-corrected chi connectivity index (χ2v) is 11.3. The predicted octanol–water partition coefficient (Wildman–Crippen LogP) is 2.86. The summed E-state index contributed by atoms with van der Waals surface area (Å²) in [6.07, 6.45) is 0. The van der Waals surface area contributed by atoms with Gasteiger partial charge < -0.3 is 14.7 Å². The lowest BCUT2D eigenvalue weighted by atomic mass is 10.1. The number of carbonyl (C=O) groups is 1. The Morgan fingerprint density at radius 1 is 1.27 bits per heavy atom. The van der Waals surface area contributed by atoms with E-state index in [9.17, 15) is 14.0 Å². The van der Waals surface area contributed by atoms with Crippen LogP contribution >= 0.6 is 0 Å². The Balaban J connectivity index is 1.83. The van der Waals surface area contributed by atoms with Crippen molar-refractivity contribution >= 4 is 25.3 Å². The molecule has 1 aliphatic heterocycles. The minimum atomic E-state index is -2.17. The van der Waals surface area contributed by atoms with E-state index in [1.54, 1.807) is 0 Å². The Hall–Kier alpha value is -2.51. The molecule has 1 aromatic heterocycles. The van der Waals surface area contributed by atoms with Gasteiger partial charge in [0, 0.05) is 24.7 Å². The van der Waals surface area contributed by atoms with Crippen molar-refractivity contribution in [3.63, 3.8) is 0 Å². The molecule has 0 radical (unpaired) electrons. The highest BCUT2D eigenvalue weighted by Gasteiger charge is 2.23. The monoisotopic (exact) mass is 369 g/mol. The molecule has 0 saturated heterocycles. The fourth-order valence-electron chi connectivity index (χ4n) is 3.49. The van der Waals surface area contributed by atoms with Crippen LogP contribution in [0.25, 0.3) is 22.4 Å². The fourth-order valence-corrected chi connectivity index (χ4v) is 4.73. The number of nitrogens with one attached hydrogen (secondary N) is 1. The number of hydrogen-bond donors (Lipinski definition) is 2. The van der Waals surface area contributed by atoms with Crippen molar-refractivity contribution in [3.8, 4) is 11.4 Å². The molecule has 0 bridgehead atoms. The maximum absolute atomic E-state index is 13.9. The third kappa shape index (κ3) is 3.04. The molecule has 26 heavy (non-hydrogen) atoms. The van der Waals surface area contributed by atoms with Crippen molar-refractivity contribution in [1.82, 2.24) is 14.9 Å². The second kappa shape index (κ2) is 6.03. The number of nitrogens with zero attached hydrogens (tertiary/aromatic N) is 2. The van der Waals surface area contributed by atoms with Crippen LogP contribution in [0.2, 0.25) is 13.1 Å². The van der Waals surface area contributed by atoms with E-state index < -0.39 is 14.1 Å². The molecule has 4 rings (SSSR count). The summed E-state index contributed by atoms with van der Waals surface area (Å²) >= 11 is 0. The van der Waals surface area contributed by atoms with Gasteiger partial charge in [-0.15, -0.1) is 0 Å². The van der Waals surface area contributed by atoms with Gasteiger partial charge in [-0.2, -0.15) is 0 Å². The van der Waals surface area contributed by atoms with Crippen molar-refractivity contribution in [2.45, 2.75) is 25.7 Å². The van der Waals surface area contributed by atoms with Crippen LogP contribution in [-0.2, 0) is 12.6 Å². The van der Waals surface area contributed by atoms with Gasteiger partial charge in [-0.05, 0) is 30.8 Å². The number of amides is 1.